The Kier molecular flexibility index (Phi) is 3.98. The zero-order valence-corrected chi connectivity index (χ0v) is 18.2. The van der Waals surface area contributed by atoms with E-state index >= 15 is 0 Å². The molecule has 0 fully saturated rings. The molecule has 0 aliphatic carbocycles. The second-order valence-corrected chi connectivity index (χ2v) is 8.28. The largest absolute Gasteiger partial charge is 0.496 e. The second-order valence-electron chi connectivity index (χ2n) is 8.28. The molecule has 0 amide bonds. The summed E-state index contributed by atoms with van der Waals surface area (Å²) in [6, 6.07) is 6.21. The maximum Gasteiger partial charge on any atom is 0.142 e. The minimum Gasteiger partial charge on any atom is -0.496 e. The van der Waals surface area contributed by atoms with Gasteiger partial charge in [0.05, 0.1) is 41.5 Å². The number of nitrogens with one attached hydrogen (secondary N) is 2. The van der Waals surface area contributed by atoms with E-state index in [4.69, 9.17) is 14.6 Å². The minimum absolute atomic E-state index is 0.0367. The molecule has 0 spiro atoms. The number of hydrogen-bond acceptors (Lipinski definition) is 6. The van der Waals surface area contributed by atoms with Crippen molar-refractivity contribution in [2.45, 2.75) is 32.8 Å². The maximum absolute atomic E-state index is 5.83. The Hall–Kier alpha value is -3.94. The van der Waals surface area contributed by atoms with Crippen LogP contribution in [-0.2, 0) is 4.84 Å². The van der Waals surface area contributed by atoms with Gasteiger partial charge < -0.3 is 19.5 Å². The van der Waals surface area contributed by atoms with Crippen molar-refractivity contribution < 1.29 is 9.57 Å². The van der Waals surface area contributed by atoms with Gasteiger partial charge in [-0.1, -0.05) is 5.16 Å². The van der Waals surface area contributed by atoms with E-state index in [9.17, 15) is 0 Å². The molecule has 2 atom stereocenters. The lowest BCUT2D eigenvalue weighted by molar-refractivity contribution is 0.0900. The molecule has 160 valence electrons. The van der Waals surface area contributed by atoms with Gasteiger partial charge in [-0.2, -0.15) is 0 Å². The number of fused-ring (bicyclic) bond motifs is 4. The molecule has 2 N–H and O–H groups in total. The number of oxime groups is 1. The third kappa shape index (κ3) is 2.55. The summed E-state index contributed by atoms with van der Waals surface area (Å²) in [5.74, 6) is 0.833. The van der Waals surface area contributed by atoms with Crippen LogP contribution in [0.5, 0.6) is 5.75 Å². The zero-order chi connectivity index (χ0) is 22.0. The van der Waals surface area contributed by atoms with E-state index in [0.717, 1.165) is 66.8 Å². The smallest absolute Gasteiger partial charge is 0.142 e. The summed E-state index contributed by atoms with van der Waals surface area (Å²) in [6.45, 7) is 6.07. The normalized spacial score (nSPS) is 18.4. The number of methoxy groups -OCH3 is 1. The van der Waals surface area contributed by atoms with Gasteiger partial charge in [0.2, 0.25) is 0 Å². The van der Waals surface area contributed by atoms with Crippen LogP contribution in [0.3, 0.4) is 0 Å². The fraction of sp³-hybridized carbons (Fsp3) is 0.250. The molecule has 1 aliphatic heterocycles. The summed E-state index contributed by atoms with van der Waals surface area (Å²) < 4.78 is 5.83. The number of hydrogen-bond donors (Lipinski definition) is 2. The number of pyridine rings is 1. The van der Waals surface area contributed by atoms with Crippen molar-refractivity contribution in [1.82, 2.24) is 24.9 Å². The average Bonchev–Trinajstić information content (AvgIpc) is 3.44. The van der Waals surface area contributed by atoms with Crippen molar-refractivity contribution in [1.29, 1.82) is 0 Å². The first kappa shape index (κ1) is 18.8. The average molecular weight is 426 g/mol. The summed E-state index contributed by atoms with van der Waals surface area (Å²) in [4.78, 5) is 25.9. The maximum atomic E-state index is 5.83. The zero-order valence-electron chi connectivity index (χ0n) is 18.2. The van der Waals surface area contributed by atoms with E-state index in [-0.39, 0.29) is 12.0 Å². The Balaban J connectivity index is 1.65. The second kappa shape index (κ2) is 6.78. The van der Waals surface area contributed by atoms with Crippen LogP contribution in [0.15, 0.2) is 42.1 Å². The van der Waals surface area contributed by atoms with Gasteiger partial charge >= 0.3 is 0 Å². The van der Waals surface area contributed by atoms with E-state index in [2.05, 4.69) is 44.1 Å². The molecule has 1 aliphatic rings. The highest BCUT2D eigenvalue weighted by Crippen LogP contribution is 2.42. The van der Waals surface area contributed by atoms with Gasteiger partial charge in [-0.25, -0.2) is 9.97 Å². The molecule has 8 heteroatoms. The Bertz CT molecular complexity index is 1550. The standard InChI is InChI=1S/C24H22N6O2/c1-11-21(14-5-6-25-9-18(14)28-11)23-22-15-8-19(31-4)16(20-12(2)30-32-13(20)3)7-17(15)29-24(22)27-10-26-23/h5-10,13,20,28H,1-4H3,(H,26,27,29). The van der Waals surface area contributed by atoms with Gasteiger partial charge in [-0.3, -0.25) is 4.98 Å². The van der Waals surface area contributed by atoms with E-state index in [1.165, 1.54) is 0 Å². The van der Waals surface area contributed by atoms with Crippen LogP contribution < -0.4 is 4.74 Å². The highest BCUT2D eigenvalue weighted by atomic mass is 16.6. The van der Waals surface area contributed by atoms with Crippen molar-refractivity contribution >= 4 is 38.6 Å². The first-order valence-corrected chi connectivity index (χ1v) is 10.5. The summed E-state index contributed by atoms with van der Waals surface area (Å²) in [6.07, 6.45) is 5.19. The van der Waals surface area contributed by atoms with Crippen LogP contribution in [0.4, 0.5) is 0 Å². The van der Waals surface area contributed by atoms with Crippen molar-refractivity contribution in [3.8, 4) is 17.0 Å². The fourth-order valence-electron chi connectivity index (χ4n) is 4.96. The SMILES string of the molecule is COc1cc2c(cc1C1C(C)=NOC1C)[nH]c1ncnc(-c3c(C)[nH]c4cnccc34)c12. The van der Waals surface area contributed by atoms with Crippen molar-refractivity contribution in [2.24, 2.45) is 5.16 Å². The first-order valence-electron chi connectivity index (χ1n) is 10.5. The lowest BCUT2D eigenvalue weighted by Gasteiger charge is -2.18. The highest BCUT2D eigenvalue weighted by Gasteiger charge is 2.32. The molecule has 0 saturated heterocycles. The Morgan fingerprint density at radius 2 is 1.94 bits per heavy atom. The van der Waals surface area contributed by atoms with Crippen molar-refractivity contribution in [3.05, 3.63) is 48.2 Å². The van der Waals surface area contributed by atoms with Gasteiger partial charge in [-0.15, -0.1) is 0 Å². The predicted molar refractivity (Wildman–Crippen MR) is 124 cm³/mol. The summed E-state index contributed by atoms with van der Waals surface area (Å²) >= 11 is 0. The van der Waals surface area contributed by atoms with E-state index in [1.807, 2.05) is 26.1 Å². The van der Waals surface area contributed by atoms with E-state index in [1.54, 1.807) is 19.6 Å². The molecule has 5 aromatic rings. The first-order chi connectivity index (χ1) is 15.6. The third-order valence-electron chi connectivity index (χ3n) is 6.38. The minimum atomic E-state index is -0.0523. The van der Waals surface area contributed by atoms with Gasteiger partial charge in [-0.05, 0) is 39.0 Å². The van der Waals surface area contributed by atoms with Crippen LogP contribution >= 0.6 is 0 Å². The Labute approximate surface area is 183 Å². The molecule has 8 nitrogen and oxygen atoms in total. The summed E-state index contributed by atoms with van der Waals surface area (Å²) in [7, 11) is 1.70. The van der Waals surface area contributed by atoms with Crippen LogP contribution in [0.2, 0.25) is 0 Å². The van der Waals surface area contributed by atoms with Crippen LogP contribution in [0, 0.1) is 6.92 Å². The monoisotopic (exact) mass is 426 g/mol. The van der Waals surface area contributed by atoms with Crippen molar-refractivity contribution in [2.75, 3.05) is 7.11 Å². The lowest BCUT2D eigenvalue weighted by Crippen LogP contribution is -2.17. The molecule has 32 heavy (non-hydrogen) atoms. The van der Waals surface area contributed by atoms with E-state index < -0.39 is 0 Å². The quantitative estimate of drug-likeness (QED) is 0.429. The number of aromatic amines is 2. The number of aromatic nitrogens is 5. The predicted octanol–water partition coefficient (Wildman–Crippen LogP) is 4.85. The van der Waals surface area contributed by atoms with Gasteiger partial charge in [0.1, 0.15) is 23.8 Å². The third-order valence-corrected chi connectivity index (χ3v) is 6.38. The number of nitrogens with zero attached hydrogens (tertiary/aromatic N) is 4. The number of ether oxygens (including phenoxy) is 1. The fourth-order valence-corrected chi connectivity index (χ4v) is 4.96. The van der Waals surface area contributed by atoms with Crippen LogP contribution in [-0.4, -0.2) is 43.8 Å². The summed E-state index contributed by atoms with van der Waals surface area (Å²) in [5.41, 5.74) is 7.69. The molecular weight excluding hydrogens is 404 g/mol. The van der Waals surface area contributed by atoms with Gasteiger partial charge in [0, 0.05) is 39.3 Å². The van der Waals surface area contributed by atoms with Crippen LogP contribution in [0.1, 0.15) is 31.0 Å². The molecule has 0 bridgehead atoms. The molecular formula is C24H22N6O2. The lowest BCUT2D eigenvalue weighted by atomic mass is 9.89. The molecule has 0 saturated carbocycles. The topological polar surface area (TPSA) is 101 Å². The number of rotatable bonds is 3. The van der Waals surface area contributed by atoms with Crippen molar-refractivity contribution in [3.63, 3.8) is 0 Å². The van der Waals surface area contributed by atoms with Gasteiger partial charge in [0.25, 0.3) is 0 Å². The highest BCUT2D eigenvalue weighted by molar-refractivity contribution is 6.15. The Morgan fingerprint density at radius 3 is 2.72 bits per heavy atom. The summed E-state index contributed by atoms with van der Waals surface area (Å²) in [5, 5.41) is 7.24. The van der Waals surface area contributed by atoms with E-state index in [0.29, 0.717) is 0 Å². The van der Waals surface area contributed by atoms with Gasteiger partial charge in [0.15, 0.2) is 0 Å². The molecule has 4 aromatic heterocycles. The molecule has 5 heterocycles. The molecule has 1 aromatic carbocycles. The Morgan fingerprint density at radius 1 is 1.06 bits per heavy atom. The number of benzene rings is 1. The molecule has 6 rings (SSSR count). The number of aryl methyl sites for hydroxylation is 1. The number of H-pyrrole nitrogens is 2. The van der Waals surface area contributed by atoms with Crippen LogP contribution in [0.25, 0.3) is 44.1 Å². The molecule has 0 radical (unpaired) electrons. The molecule has 2 unspecified atom stereocenters.